The van der Waals surface area contributed by atoms with E-state index in [4.69, 9.17) is 0 Å². The number of aryl methyl sites for hydroxylation is 2. The Balaban J connectivity index is 1.96. The molecule has 0 aliphatic rings. The van der Waals surface area contributed by atoms with Gasteiger partial charge in [-0.3, -0.25) is 19.7 Å². The van der Waals surface area contributed by atoms with Crippen molar-refractivity contribution >= 4 is 11.5 Å². The van der Waals surface area contributed by atoms with Gasteiger partial charge in [0.25, 0.3) is 11.2 Å². The monoisotopic (exact) mass is 365 g/mol. The van der Waals surface area contributed by atoms with Crippen LogP contribution in [0.15, 0.2) is 53.5 Å². The summed E-state index contributed by atoms with van der Waals surface area (Å²) in [5.41, 5.74) is 3.55. The smallest absolute Gasteiger partial charge is 0.285 e. The van der Waals surface area contributed by atoms with E-state index >= 15 is 0 Å². The van der Waals surface area contributed by atoms with Gasteiger partial charge in [-0.05, 0) is 39.0 Å². The molecule has 2 aromatic heterocycles. The number of aromatic nitrogens is 2. The van der Waals surface area contributed by atoms with E-state index in [9.17, 15) is 19.7 Å². The molecule has 0 aliphatic carbocycles. The van der Waals surface area contributed by atoms with Gasteiger partial charge in [0, 0.05) is 34.8 Å². The number of hydrogen-bond acceptors (Lipinski definition) is 4. The first-order valence-electron chi connectivity index (χ1n) is 8.42. The van der Waals surface area contributed by atoms with Crippen LogP contribution in [0.1, 0.15) is 27.3 Å². The first kappa shape index (κ1) is 18.3. The second-order valence-electron chi connectivity index (χ2n) is 6.49. The van der Waals surface area contributed by atoms with E-state index in [0.717, 1.165) is 45.5 Å². The number of carbonyl (C=O) groups excluding carboxylic acids is 1. The SMILES string of the molecule is Cc1ccc(-n2c(C)cc(C(=O)Cn3cc([N+](=O)[O-])ccc3=O)c2C)cc1. The van der Waals surface area contributed by atoms with Crippen molar-refractivity contribution in [3.05, 3.63) is 91.6 Å². The second-order valence-corrected chi connectivity index (χ2v) is 6.49. The number of pyridine rings is 1. The van der Waals surface area contributed by atoms with Crippen LogP contribution in [-0.4, -0.2) is 19.8 Å². The highest BCUT2D eigenvalue weighted by molar-refractivity contribution is 5.97. The Kier molecular flexibility index (Phi) is 4.77. The predicted octanol–water partition coefficient (Wildman–Crippen LogP) is 3.36. The van der Waals surface area contributed by atoms with Gasteiger partial charge in [0.15, 0.2) is 5.78 Å². The third-order valence-corrected chi connectivity index (χ3v) is 4.52. The number of nitrogens with zero attached hydrogens (tertiary/aromatic N) is 3. The van der Waals surface area contributed by atoms with Gasteiger partial charge in [0.05, 0.1) is 17.7 Å². The molecule has 0 fully saturated rings. The Labute approximate surface area is 155 Å². The number of carbonyl (C=O) groups is 1. The zero-order valence-corrected chi connectivity index (χ0v) is 15.3. The molecule has 0 saturated heterocycles. The first-order chi connectivity index (χ1) is 12.8. The summed E-state index contributed by atoms with van der Waals surface area (Å²) in [4.78, 5) is 35.0. The van der Waals surface area contributed by atoms with Crippen LogP contribution in [0.3, 0.4) is 0 Å². The third kappa shape index (κ3) is 3.57. The summed E-state index contributed by atoms with van der Waals surface area (Å²) < 4.78 is 3.04. The Bertz CT molecular complexity index is 1090. The van der Waals surface area contributed by atoms with Gasteiger partial charge in [0.2, 0.25) is 0 Å². The van der Waals surface area contributed by atoms with E-state index in [1.165, 1.54) is 0 Å². The van der Waals surface area contributed by atoms with Crippen molar-refractivity contribution in [1.82, 2.24) is 9.13 Å². The van der Waals surface area contributed by atoms with Crippen molar-refractivity contribution in [3.63, 3.8) is 0 Å². The van der Waals surface area contributed by atoms with Gasteiger partial charge >= 0.3 is 0 Å². The minimum Gasteiger partial charge on any atom is -0.318 e. The lowest BCUT2D eigenvalue weighted by Crippen LogP contribution is -2.23. The number of ketones is 1. The normalized spacial score (nSPS) is 10.8. The summed E-state index contributed by atoms with van der Waals surface area (Å²) >= 11 is 0. The summed E-state index contributed by atoms with van der Waals surface area (Å²) in [7, 11) is 0. The van der Waals surface area contributed by atoms with E-state index in [-0.39, 0.29) is 18.0 Å². The molecule has 0 radical (unpaired) electrons. The summed E-state index contributed by atoms with van der Waals surface area (Å²) in [6, 6.07) is 12.0. The van der Waals surface area contributed by atoms with Gasteiger partial charge in [-0.15, -0.1) is 0 Å². The highest BCUT2D eigenvalue weighted by atomic mass is 16.6. The van der Waals surface area contributed by atoms with Crippen LogP contribution >= 0.6 is 0 Å². The maximum absolute atomic E-state index is 12.8. The quantitative estimate of drug-likeness (QED) is 0.394. The lowest BCUT2D eigenvalue weighted by Gasteiger charge is -2.10. The topological polar surface area (TPSA) is 87.1 Å². The van der Waals surface area contributed by atoms with Crippen LogP contribution in [0.2, 0.25) is 0 Å². The number of hydrogen-bond donors (Lipinski definition) is 0. The summed E-state index contributed by atoms with van der Waals surface area (Å²) in [6.45, 7) is 5.50. The molecule has 0 saturated carbocycles. The molecule has 0 N–H and O–H groups in total. The fourth-order valence-corrected chi connectivity index (χ4v) is 3.13. The molecular formula is C20H19N3O4. The molecule has 0 amide bonds. The minimum absolute atomic E-state index is 0.229. The van der Waals surface area contributed by atoms with E-state index in [0.29, 0.717) is 5.56 Å². The molecule has 7 heteroatoms. The van der Waals surface area contributed by atoms with Crippen LogP contribution in [-0.2, 0) is 6.54 Å². The molecule has 0 atom stereocenters. The molecule has 7 nitrogen and oxygen atoms in total. The Morgan fingerprint density at radius 3 is 2.37 bits per heavy atom. The molecule has 3 aromatic rings. The second kappa shape index (κ2) is 7.03. The Morgan fingerprint density at radius 2 is 1.74 bits per heavy atom. The number of benzene rings is 1. The van der Waals surface area contributed by atoms with E-state index in [2.05, 4.69) is 0 Å². The van der Waals surface area contributed by atoms with Crippen molar-refractivity contribution in [3.8, 4) is 5.69 Å². The molecular weight excluding hydrogens is 346 g/mol. The molecule has 2 heterocycles. The van der Waals surface area contributed by atoms with Crippen molar-refractivity contribution < 1.29 is 9.72 Å². The molecule has 3 rings (SSSR count). The van der Waals surface area contributed by atoms with Crippen molar-refractivity contribution in [2.45, 2.75) is 27.3 Å². The van der Waals surface area contributed by atoms with Crippen LogP contribution in [0.25, 0.3) is 5.69 Å². The zero-order valence-electron chi connectivity index (χ0n) is 15.3. The van der Waals surface area contributed by atoms with E-state index in [1.54, 1.807) is 6.07 Å². The van der Waals surface area contributed by atoms with Gasteiger partial charge in [-0.1, -0.05) is 17.7 Å². The Hall–Kier alpha value is -3.48. The molecule has 0 spiro atoms. The highest BCUT2D eigenvalue weighted by Crippen LogP contribution is 2.22. The average Bonchev–Trinajstić information content (AvgIpc) is 2.92. The van der Waals surface area contributed by atoms with Crippen molar-refractivity contribution in [1.29, 1.82) is 0 Å². The zero-order chi connectivity index (χ0) is 19.7. The molecule has 0 bridgehead atoms. The van der Waals surface area contributed by atoms with Crippen molar-refractivity contribution in [2.75, 3.05) is 0 Å². The van der Waals surface area contributed by atoms with Crippen LogP contribution in [0.5, 0.6) is 0 Å². The van der Waals surface area contributed by atoms with Crippen LogP contribution in [0, 0.1) is 30.9 Å². The number of nitro groups is 1. The number of Topliss-reactive ketones (excluding diaryl/α,β-unsaturated/α-hetero) is 1. The standard InChI is InChI=1S/C20H19N3O4/c1-13-4-6-16(7-5-13)22-14(2)10-18(15(22)3)19(24)12-21-11-17(23(26)27)8-9-20(21)25/h4-11H,12H2,1-3H3. The lowest BCUT2D eigenvalue weighted by atomic mass is 10.1. The fraction of sp³-hybridized carbons (Fsp3) is 0.200. The largest absolute Gasteiger partial charge is 0.318 e. The predicted molar refractivity (Wildman–Crippen MR) is 102 cm³/mol. The molecule has 0 unspecified atom stereocenters. The summed E-state index contributed by atoms with van der Waals surface area (Å²) in [6.07, 6.45) is 1.10. The van der Waals surface area contributed by atoms with E-state index < -0.39 is 10.5 Å². The molecule has 0 aliphatic heterocycles. The average molecular weight is 365 g/mol. The summed E-state index contributed by atoms with van der Waals surface area (Å²) in [5, 5.41) is 10.9. The maximum Gasteiger partial charge on any atom is 0.285 e. The maximum atomic E-state index is 12.8. The van der Waals surface area contributed by atoms with Crippen LogP contribution in [0.4, 0.5) is 5.69 Å². The van der Waals surface area contributed by atoms with Gasteiger partial charge in [-0.25, -0.2) is 0 Å². The first-order valence-corrected chi connectivity index (χ1v) is 8.42. The van der Waals surface area contributed by atoms with E-state index in [1.807, 2.05) is 49.6 Å². The van der Waals surface area contributed by atoms with Gasteiger partial charge < -0.3 is 9.13 Å². The number of rotatable bonds is 5. The molecule has 27 heavy (non-hydrogen) atoms. The van der Waals surface area contributed by atoms with Gasteiger partial charge in [-0.2, -0.15) is 0 Å². The van der Waals surface area contributed by atoms with Gasteiger partial charge in [0.1, 0.15) is 0 Å². The lowest BCUT2D eigenvalue weighted by molar-refractivity contribution is -0.385. The fourth-order valence-electron chi connectivity index (χ4n) is 3.13. The summed E-state index contributed by atoms with van der Waals surface area (Å²) in [5.74, 6) is -0.274. The third-order valence-electron chi connectivity index (χ3n) is 4.52. The molecule has 138 valence electrons. The highest BCUT2D eigenvalue weighted by Gasteiger charge is 2.18. The Morgan fingerprint density at radius 1 is 1.07 bits per heavy atom. The minimum atomic E-state index is -0.594. The van der Waals surface area contributed by atoms with Crippen molar-refractivity contribution in [2.24, 2.45) is 0 Å². The molecule has 1 aromatic carbocycles. The van der Waals surface area contributed by atoms with Crippen LogP contribution < -0.4 is 5.56 Å².